The van der Waals surface area contributed by atoms with Gasteiger partial charge >= 0.3 is 0 Å². The van der Waals surface area contributed by atoms with Crippen LogP contribution in [0.15, 0.2) is 91.8 Å². The third-order valence-electron chi connectivity index (χ3n) is 7.31. The number of aromatic amines is 2. The molecule has 39 heavy (non-hydrogen) atoms. The molecule has 1 aliphatic rings. The molecular weight excluding hydrogens is 480 g/mol. The molecule has 1 saturated heterocycles. The number of allylic oxidation sites excluding steroid dienone is 5. The first-order valence-electron chi connectivity index (χ1n) is 13.6. The predicted octanol–water partition coefficient (Wildman–Crippen LogP) is 7.28. The van der Waals surface area contributed by atoms with E-state index in [2.05, 4.69) is 82.4 Å². The lowest BCUT2D eigenvalue weighted by Crippen LogP contribution is -2.31. The van der Waals surface area contributed by atoms with Gasteiger partial charge < -0.3 is 4.98 Å². The van der Waals surface area contributed by atoms with Crippen LogP contribution in [0.3, 0.4) is 0 Å². The van der Waals surface area contributed by atoms with Gasteiger partial charge in [-0.2, -0.15) is 5.10 Å². The van der Waals surface area contributed by atoms with Gasteiger partial charge in [-0.25, -0.2) is 4.98 Å². The maximum Gasteiger partial charge on any atom is 0.135 e. The zero-order chi connectivity index (χ0) is 27.2. The topological polar surface area (TPSA) is 73.5 Å². The van der Waals surface area contributed by atoms with Gasteiger partial charge in [0.15, 0.2) is 0 Å². The van der Waals surface area contributed by atoms with Crippen LogP contribution in [0.5, 0.6) is 0 Å². The summed E-state index contributed by atoms with van der Waals surface area (Å²) in [4.78, 5) is 15.3. The molecule has 0 aromatic carbocycles. The first-order chi connectivity index (χ1) is 19.1. The van der Waals surface area contributed by atoms with Crippen molar-refractivity contribution in [2.75, 3.05) is 19.6 Å². The largest absolute Gasteiger partial charge is 0.357 e. The van der Waals surface area contributed by atoms with Crippen molar-refractivity contribution in [3.63, 3.8) is 0 Å². The molecule has 1 aliphatic heterocycles. The molecule has 6 heteroatoms. The van der Waals surface area contributed by atoms with Crippen LogP contribution in [0.2, 0.25) is 0 Å². The van der Waals surface area contributed by atoms with E-state index >= 15 is 0 Å². The van der Waals surface area contributed by atoms with Crippen LogP contribution in [-0.4, -0.2) is 49.7 Å². The molecule has 0 radical (unpaired) electrons. The Morgan fingerprint density at radius 3 is 2.59 bits per heavy atom. The predicted molar refractivity (Wildman–Crippen MR) is 162 cm³/mol. The number of likely N-dealkylation sites (tertiary alicyclic amines) is 1. The Hall–Kier alpha value is -4.29. The Morgan fingerprint density at radius 2 is 1.87 bits per heavy atom. The lowest BCUT2D eigenvalue weighted by atomic mass is 9.98. The van der Waals surface area contributed by atoms with Crippen LogP contribution in [0.1, 0.15) is 48.7 Å². The summed E-state index contributed by atoms with van der Waals surface area (Å²) < 4.78 is 0. The van der Waals surface area contributed by atoms with Crippen molar-refractivity contribution in [2.45, 2.75) is 33.1 Å². The molecule has 0 unspecified atom stereocenters. The molecule has 0 bridgehead atoms. The van der Waals surface area contributed by atoms with Crippen LogP contribution in [0.4, 0.5) is 0 Å². The highest BCUT2D eigenvalue weighted by Crippen LogP contribution is 2.33. The standard InChI is InChI=1S/C33H36N6/c1-5-11-27(26-14-16-34-17-15-26)28-21-31(35-23(28)4)33-32-30(37-38-33)13-12-29(36-32)25(7-3)20-24(6-2)22-39-18-9-8-10-19-39/h5-7,11-17,20-21,35H,1-2,8-10,18-19,22H2,3-4H3,(H,37,38)/b24-20+,25-7+,27-11-. The van der Waals surface area contributed by atoms with Crippen molar-refractivity contribution >= 4 is 22.2 Å². The summed E-state index contributed by atoms with van der Waals surface area (Å²) in [6, 6.07) is 10.3. The van der Waals surface area contributed by atoms with Crippen LogP contribution < -0.4 is 0 Å². The van der Waals surface area contributed by atoms with E-state index in [9.17, 15) is 0 Å². The Morgan fingerprint density at radius 1 is 1.08 bits per heavy atom. The van der Waals surface area contributed by atoms with E-state index < -0.39 is 0 Å². The van der Waals surface area contributed by atoms with Gasteiger partial charge in [0.25, 0.3) is 0 Å². The lowest BCUT2D eigenvalue weighted by molar-refractivity contribution is 0.248. The summed E-state index contributed by atoms with van der Waals surface area (Å²) >= 11 is 0. The molecule has 0 saturated carbocycles. The first kappa shape index (κ1) is 26.3. The summed E-state index contributed by atoms with van der Waals surface area (Å²) in [6.07, 6.45) is 17.6. The van der Waals surface area contributed by atoms with Crippen LogP contribution in [-0.2, 0) is 0 Å². The molecule has 4 aromatic rings. The number of rotatable bonds is 9. The smallest absolute Gasteiger partial charge is 0.135 e. The molecule has 4 aromatic heterocycles. The van der Waals surface area contributed by atoms with Gasteiger partial charge in [-0.3, -0.25) is 15.0 Å². The number of hydrogen-bond acceptors (Lipinski definition) is 4. The van der Waals surface area contributed by atoms with Crippen molar-refractivity contribution in [3.05, 3.63) is 114 Å². The summed E-state index contributed by atoms with van der Waals surface area (Å²) in [5.41, 5.74) is 10.9. The Labute approximate surface area is 230 Å². The second-order valence-electron chi connectivity index (χ2n) is 9.94. The second-order valence-corrected chi connectivity index (χ2v) is 9.94. The van der Waals surface area contributed by atoms with Gasteiger partial charge in [0.2, 0.25) is 0 Å². The van der Waals surface area contributed by atoms with Crippen molar-refractivity contribution in [1.82, 2.24) is 30.0 Å². The molecule has 198 valence electrons. The highest BCUT2D eigenvalue weighted by molar-refractivity contribution is 5.92. The van der Waals surface area contributed by atoms with Crippen molar-refractivity contribution < 1.29 is 0 Å². The zero-order valence-corrected chi connectivity index (χ0v) is 22.9. The van der Waals surface area contributed by atoms with Crippen molar-refractivity contribution in [1.29, 1.82) is 0 Å². The van der Waals surface area contributed by atoms with Gasteiger partial charge in [-0.1, -0.05) is 43.9 Å². The highest BCUT2D eigenvalue weighted by atomic mass is 15.1. The van der Waals surface area contributed by atoms with Gasteiger partial charge in [-0.05, 0) is 98.5 Å². The molecule has 5 rings (SSSR count). The van der Waals surface area contributed by atoms with Crippen molar-refractivity contribution in [3.8, 4) is 11.4 Å². The first-order valence-corrected chi connectivity index (χ1v) is 13.6. The number of nitrogens with one attached hydrogen (secondary N) is 2. The number of aryl methyl sites for hydroxylation is 1. The number of piperidine rings is 1. The number of aromatic nitrogens is 5. The molecule has 0 amide bonds. The minimum Gasteiger partial charge on any atom is -0.357 e. The molecule has 6 nitrogen and oxygen atoms in total. The summed E-state index contributed by atoms with van der Waals surface area (Å²) in [5, 5.41) is 7.82. The zero-order valence-electron chi connectivity index (χ0n) is 22.9. The summed E-state index contributed by atoms with van der Waals surface area (Å²) in [6.45, 7) is 15.4. The third kappa shape index (κ3) is 5.76. The van der Waals surface area contributed by atoms with Crippen LogP contribution in [0, 0.1) is 6.92 Å². The van der Waals surface area contributed by atoms with E-state index in [4.69, 9.17) is 4.98 Å². The normalized spacial score (nSPS) is 15.6. The number of pyridine rings is 2. The molecule has 1 fully saturated rings. The fraction of sp³-hybridized carbons (Fsp3) is 0.242. The fourth-order valence-corrected chi connectivity index (χ4v) is 5.25. The average Bonchev–Trinajstić information content (AvgIpc) is 3.57. The van der Waals surface area contributed by atoms with E-state index in [1.807, 2.05) is 30.4 Å². The third-order valence-corrected chi connectivity index (χ3v) is 7.31. The number of fused-ring (bicyclic) bond motifs is 1. The minimum atomic E-state index is 0.797. The minimum absolute atomic E-state index is 0.797. The Bertz CT molecular complexity index is 1560. The van der Waals surface area contributed by atoms with Gasteiger partial charge in [0.05, 0.1) is 16.9 Å². The van der Waals surface area contributed by atoms with Gasteiger partial charge in [0, 0.05) is 30.2 Å². The van der Waals surface area contributed by atoms with E-state index in [-0.39, 0.29) is 0 Å². The number of nitrogens with zero attached hydrogens (tertiary/aromatic N) is 4. The van der Waals surface area contributed by atoms with E-state index in [0.29, 0.717) is 0 Å². The molecular formula is C33H36N6. The van der Waals surface area contributed by atoms with Crippen LogP contribution in [0.25, 0.3) is 33.6 Å². The molecule has 2 N–H and O–H groups in total. The summed E-state index contributed by atoms with van der Waals surface area (Å²) in [5.74, 6) is 0. The van der Waals surface area contributed by atoms with E-state index in [1.165, 1.54) is 24.8 Å². The fourth-order valence-electron chi connectivity index (χ4n) is 5.25. The number of hydrogen-bond donors (Lipinski definition) is 2. The monoisotopic (exact) mass is 516 g/mol. The van der Waals surface area contributed by atoms with Gasteiger partial charge in [0.1, 0.15) is 11.2 Å². The Kier molecular flexibility index (Phi) is 8.13. The second kappa shape index (κ2) is 12.0. The Balaban J connectivity index is 1.49. The van der Waals surface area contributed by atoms with Gasteiger partial charge in [-0.15, -0.1) is 0 Å². The molecule has 0 spiro atoms. The number of H-pyrrole nitrogens is 2. The average molecular weight is 517 g/mol. The highest BCUT2D eigenvalue weighted by Gasteiger charge is 2.18. The van der Waals surface area contributed by atoms with E-state index in [0.717, 1.165) is 75.7 Å². The van der Waals surface area contributed by atoms with E-state index in [1.54, 1.807) is 12.4 Å². The van der Waals surface area contributed by atoms with Crippen molar-refractivity contribution in [2.24, 2.45) is 0 Å². The SMILES string of the molecule is C=C/C=C(/c1ccncc1)c1cc(-c2n[nH]c3ccc(C(/C=C(\C=C)CN4CCCCC4)=C/C)nc23)[nH]c1C. The molecule has 0 aliphatic carbocycles. The molecule has 5 heterocycles. The quantitative estimate of drug-likeness (QED) is 0.229. The maximum atomic E-state index is 5.08. The van der Waals surface area contributed by atoms with Crippen LogP contribution >= 0.6 is 0 Å². The summed E-state index contributed by atoms with van der Waals surface area (Å²) in [7, 11) is 0. The lowest BCUT2D eigenvalue weighted by Gasteiger charge is -2.26. The molecule has 0 atom stereocenters. The maximum absolute atomic E-state index is 5.08.